The van der Waals surface area contributed by atoms with Gasteiger partial charge < -0.3 is 9.52 Å². The van der Waals surface area contributed by atoms with E-state index in [4.69, 9.17) is 9.52 Å². The molecule has 8 heteroatoms. The lowest BCUT2D eigenvalue weighted by Crippen LogP contribution is -2.06. The molecule has 102 valence electrons. The topological polar surface area (TPSA) is 81.2 Å². The van der Waals surface area contributed by atoms with Gasteiger partial charge in [0.05, 0.1) is 5.75 Å². The number of hydrogen-bond acceptors (Lipinski definition) is 5. The Labute approximate surface area is 122 Å². The largest absolute Gasteiger partial charge is 0.481 e. The SMILES string of the molecule is CC(C)n1c(SCC(=O)O)nnc1-c1ccc(Br)o1. The monoisotopic (exact) mass is 345 g/mol. The van der Waals surface area contributed by atoms with Crippen LogP contribution in [0.15, 0.2) is 26.4 Å². The number of aromatic nitrogens is 3. The standard InChI is InChI=1S/C11H12BrN3O3S/c1-6(2)15-10(7-3-4-8(12)18-7)13-14-11(15)19-5-9(16)17/h3-4,6H,5H2,1-2H3,(H,16,17). The number of thioether (sulfide) groups is 1. The molecule has 0 aromatic carbocycles. The molecule has 19 heavy (non-hydrogen) atoms. The fourth-order valence-corrected chi connectivity index (χ4v) is 2.66. The van der Waals surface area contributed by atoms with Gasteiger partial charge in [-0.05, 0) is 41.9 Å². The van der Waals surface area contributed by atoms with E-state index in [2.05, 4.69) is 26.1 Å². The smallest absolute Gasteiger partial charge is 0.313 e. The van der Waals surface area contributed by atoms with E-state index in [0.29, 0.717) is 21.4 Å². The second kappa shape index (κ2) is 5.79. The van der Waals surface area contributed by atoms with Crippen molar-refractivity contribution in [3.63, 3.8) is 0 Å². The lowest BCUT2D eigenvalue weighted by molar-refractivity contribution is -0.133. The average molecular weight is 346 g/mol. The third-order valence-corrected chi connectivity index (χ3v) is 3.65. The Morgan fingerprint density at radius 3 is 2.79 bits per heavy atom. The summed E-state index contributed by atoms with van der Waals surface area (Å²) in [7, 11) is 0. The molecule has 2 aromatic rings. The maximum absolute atomic E-state index is 10.6. The van der Waals surface area contributed by atoms with Crippen molar-refractivity contribution < 1.29 is 14.3 Å². The van der Waals surface area contributed by atoms with E-state index in [1.165, 1.54) is 0 Å². The molecule has 6 nitrogen and oxygen atoms in total. The Hall–Kier alpha value is -1.28. The van der Waals surface area contributed by atoms with Gasteiger partial charge in [-0.25, -0.2) is 0 Å². The minimum absolute atomic E-state index is 0.0489. The van der Waals surface area contributed by atoms with Crippen molar-refractivity contribution in [2.24, 2.45) is 0 Å². The molecule has 0 aliphatic carbocycles. The summed E-state index contributed by atoms with van der Waals surface area (Å²) < 4.78 is 7.94. The molecule has 0 atom stereocenters. The van der Waals surface area contributed by atoms with E-state index in [0.717, 1.165) is 11.8 Å². The summed E-state index contributed by atoms with van der Waals surface area (Å²) in [6, 6.07) is 3.67. The maximum Gasteiger partial charge on any atom is 0.313 e. The molecule has 2 heterocycles. The molecule has 1 N–H and O–H groups in total. The second-order valence-corrected chi connectivity index (χ2v) is 5.78. The van der Waals surface area contributed by atoms with Crippen molar-refractivity contribution in [1.82, 2.24) is 14.8 Å². The first-order chi connectivity index (χ1) is 8.99. The minimum Gasteiger partial charge on any atom is -0.481 e. The first-order valence-corrected chi connectivity index (χ1v) is 7.32. The van der Waals surface area contributed by atoms with E-state index in [-0.39, 0.29) is 11.8 Å². The minimum atomic E-state index is -0.884. The molecule has 0 aliphatic heterocycles. The van der Waals surface area contributed by atoms with Gasteiger partial charge in [0.15, 0.2) is 15.6 Å². The van der Waals surface area contributed by atoms with Crippen LogP contribution in [0.5, 0.6) is 0 Å². The van der Waals surface area contributed by atoms with Crippen LogP contribution < -0.4 is 0 Å². The molecule has 2 aromatic heterocycles. The second-order valence-electron chi connectivity index (χ2n) is 4.06. The van der Waals surface area contributed by atoms with Crippen LogP contribution in [-0.2, 0) is 4.79 Å². The van der Waals surface area contributed by atoms with Crippen LogP contribution in [0.2, 0.25) is 0 Å². The summed E-state index contributed by atoms with van der Waals surface area (Å²) in [5.74, 6) is 0.251. The highest BCUT2D eigenvalue weighted by atomic mass is 79.9. The quantitative estimate of drug-likeness (QED) is 0.838. The van der Waals surface area contributed by atoms with Crippen LogP contribution in [0.1, 0.15) is 19.9 Å². The zero-order valence-electron chi connectivity index (χ0n) is 10.3. The zero-order valence-corrected chi connectivity index (χ0v) is 12.7. The lowest BCUT2D eigenvalue weighted by Gasteiger charge is -2.11. The Morgan fingerprint density at radius 2 is 2.26 bits per heavy atom. The summed E-state index contributed by atoms with van der Waals surface area (Å²) in [6.07, 6.45) is 0. The number of carboxylic acids is 1. The number of nitrogens with zero attached hydrogens (tertiary/aromatic N) is 3. The van der Waals surface area contributed by atoms with Crippen molar-refractivity contribution in [3.8, 4) is 11.6 Å². The number of rotatable bonds is 5. The molecular weight excluding hydrogens is 334 g/mol. The van der Waals surface area contributed by atoms with Crippen LogP contribution in [0.4, 0.5) is 0 Å². The van der Waals surface area contributed by atoms with E-state index in [1.54, 1.807) is 12.1 Å². The normalized spacial score (nSPS) is 11.2. The van der Waals surface area contributed by atoms with Crippen molar-refractivity contribution >= 4 is 33.7 Å². The number of hydrogen-bond donors (Lipinski definition) is 1. The van der Waals surface area contributed by atoms with Gasteiger partial charge in [0, 0.05) is 6.04 Å². The average Bonchev–Trinajstić information content (AvgIpc) is 2.91. The molecule has 0 radical (unpaired) electrons. The van der Waals surface area contributed by atoms with Gasteiger partial charge in [0.1, 0.15) is 0 Å². The highest BCUT2D eigenvalue weighted by molar-refractivity contribution is 9.10. The van der Waals surface area contributed by atoms with Crippen LogP contribution in [0, 0.1) is 0 Å². The molecule has 0 bridgehead atoms. The molecule has 0 aliphatic rings. The maximum atomic E-state index is 10.6. The summed E-state index contributed by atoms with van der Waals surface area (Å²) in [5, 5.41) is 17.4. The first-order valence-electron chi connectivity index (χ1n) is 5.54. The van der Waals surface area contributed by atoms with E-state index >= 15 is 0 Å². The third kappa shape index (κ3) is 3.19. The van der Waals surface area contributed by atoms with E-state index in [9.17, 15) is 4.79 Å². The summed E-state index contributed by atoms with van der Waals surface area (Å²) in [4.78, 5) is 10.6. The molecule has 0 saturated heterocycles. The van der Waals surface area contributed by atoms with Crippen LogP contribution in [0.25, 0.3) is 11.6 Å². The Balaban J connectivity index is 2.37. The van der Waals surface area contributed by atoms with Crippen LogP contribution in [-0.4, -0.2) is 31.6 Å². The number of halogens is 1. The predicted molar refractivity (Wildman–Crippen MR) is 74.2 cm³/mol. The number of furan rings is 1. The molecule has 0 fully saturated rings. The van der Waals surface area contributed by atoms with Crippen molar-refractivity contribution in [1.29, 1.82) is 0 Å². The van der Waals surface area contributed by atoms with Gasteiger partial charge >= 0.3 is 5.97 Å². The van der Waals surface area contributed by atoms with Gasteiger partial charge in [0.25, 0.3) is 0 Å². The van der Waals surface area contributed by atoms with Gasteiger partial charge in [0.2, 0.25) is 5.82 Å². The van der Waals surface area contributed by atoms with Gasteiger partial charge in [-0.3, -0.25) is 9.36 Å². The molecule has 2 rings (SSSR count). The van der Waals surface area contributed by atoms with Crippen molar-refractivity contribution in [2.45, 2.75) is 25.0 Å². The lowest BCUT2D eigenvalue weighted by atomic mass is 10.3. The third-order valence-electron chi connectivity index (χ3n) is 2.30. The summed E-state index contributed by atoms with van der Waals surface area (Å²) in [6.45, 7) is 3.96. The number of aliphatic carboxylic acids is 1. The zero-order chi connectivity index (χ0) is 14.0. The van der Waals surface area contributed by atoms with Gasteiger partial charge in [-0.2, -0.15) is 0 Å². The molecular formula is C11H12BrN3O3S. The fraction of sp³-hybridized carbons (Fsp3) is 0.364. The van der Waals surface area contributed by atoms with E-state index < -0.39 is 5.97 Å². The Morgan fingerprint density at radius 1 is 1.53 bits per heavy atom. The molecule has 0 unspecified atom stereocenters. The summed E-state index contributed by atoms with van der Waals surface area (Å²) in [5.41, 5.74) is 0. The Bertz CT molecular complexity index is 594. The van der Waals surface area contributed by atoms with Gasteiger partial charge in [-0.1, -0.05) is 11.8 Å². The fourth-order valence-electron chi connectivity index (χ4n) is 1.57. The number of carboxylic acid groups (broad SMARTS) is 1. The highest BCUT2D eigenvalue weighted by Crippen LogP contribution is 2.29. The predicted octanol–water partition coefficient (Wildman–Crippen LogP) is 3.06. The number of carbonyl (C=O) groups is 1. The highest BCUT2D eigenvalue weighted by Gasteiger charge is 2.19. The van der Waals surface area contributed by atoms with Crippen molar-refractivity contribution in [3.05, 3.63) is 16.8 Å². The van der Waals surface area contributed by atoms with Crippen LogP contribution in [0.3, 0.4) is 0 Å². The molecule has 0 spiro atoms. The van der Waals surface area contributed by atoms with E-state index in [1.807, 2.05) is 18.4 Å². The van der Waals surface area contributed by atoms with Gasteiger partial charge in [-0.15, -0.1) is 10.2 Å². The van der Waals surface area contributed by atoms with Crippen LogP contribution >= 0.6 is 27.7 Å². The molecule has 0 amide bonds. The summed E-state index contributed by atoms with van der Waals surface area (Å²) >= 11 is 4.38. The Kier molecular flexibility index (Phi) is 4.31. The van der Waals surface area contributed by atoms with Crippen molar-refractivity contribution in [2.75, 3.05) is 5.75 Å². The first kappa shape index (κ1) is 14.1. The molecule has 0 saturated carbocycles.